The van der Waals surface area contributed by atoms with E-state index in [1.54, 1.807) is 12.1 Å². The number of ether oxygens (including phenoxy) is 1. The molecule has 108 valence electrons. The highest BCUT2D eigenvalue weighted by molar-refractivity contribution is 5.34. The van der Waals surface area contributed by atoms with Gasteiger partial charge in [-0.25, -0.2) is 4.39 Å². The zero-order valence-corrected chi connectivity index (χ0v) is 11.7. The first-order chi connectivity index (χ1) is 9.81. The zero-order chi connectivity index (χ0) is 14.2. The van der Waals surface area contributed by atoms with Crippen LogP contribution in [0.2, 0.25) is 0 Å². The summed E-state index contributed by atoms with van der Waals surface area (Å²) in [4.78, 5) is 0. The van der Waals surface area contributed by atoms with Gasteiger partial charge >= 0.3 is 0 Å². The lowest BCUT2D eigenvalue weighted by Gasteiger charge is -2.22. The maximum atomic E-state index is 13.8. The van der Waals surface area contributed by atoms with Crippen LogP contribution in [0.3, 0.4) is 0 Å². The van der Waals surface area contributed by atoms with Crippen LogP contribution < -0.4 is 5.32 Å². The molecule has 0 saturated heterocycles. The first-order valence-electron chi connectivity index (χ1n) is 7.31. The molecule has 0 amide bonds. The van der Waals surface area contributed by atoms with Crippen molar-refractivity contribution in [2.24, 2.45) is 0 Å². The van der Waals surface area contributed by atoms with Crippen LogP contribution in [0.1, 0.15) is 43.2 Å². The Morgan fingerprint density at radius 2 is 2.10 bits per heavy atom. The van der Waals surface area contributed by atoms with Crippen molar-refractivity contribution >= 4 is 0 Å². The summed E-state index contributed by atoms with van der Waals surface area (Å²) in [7, 11) is 0. The minimum Gasteiger partial charge on any atom is -0.377 e. The Labute approximate surface area is 119 Å². The molecule has 1 aromatic rings. The number of hydrogen-bond donors (Lipinski definition) is 1. The molecule has 1 fully saturated rings. The van der Waals surface area contributed by atoms with Crippen LogP contribution in [-0.2, 0) is 11.3 Å². The summed E-state index contributed by atoms with van der Waals surface area (Å²) in [6, 6.07) is 6.75. The maximum absolute atomic E-state index is 13.8. The second kappa shape index (κ2) is 7.98. The molecule has 4 heteroatoms. The topological polar surface area (TPSA) is 45.0 Å². The highest BCUT2D eigenvalue weighted by Gasteiger charge is 2.13. The fourth-order valence-corrected chi connectivity index (χ4v) is 2.56. The lowest BCUT2D eigenvalue weighted by atomic mass is 9.98. The molecule has 20 heavy (non-hydrogen) atoms. The standard InChI is InChI=1S/C16H21FN2O/c17-16-13(11-18)5-4-6-14(16)12-19-9-10-20-15-7-2-1-3-8-15/h4-6,15,19H,1-3,7-10,12H2. The van der Waals surface area contributed by atoms with E-state index in [-0.39, 0.29) is 5.56 Å². The largest absolute Gasteiger partial charge is 0.377 e. The predicted octanol–water partition coefficient (Wildman–Crippen LogP) is 3.14. The van der Waals surface area contributed by atoms with E-state index >= 15 is 0 Å². The number of halogens is 1. The van der Waals surface area contributed by atoms with E-state index in [1.807, 2.05) is 6.07 Å². The normalized spacial score (nSPS) is 16.0. The molecule has 1 aromatic carbocycles. The molecule has 0 radical (unpaired) electrons. The molecule has 0 bridgehead atoms. The van der Waals surface area contributed by atoms with Crippen molar-refractivity contribution in [1.29, 1.82) is 5.26 Å². The molecule has 0 unspecified atom stereocenters. The minimum atomic E-state index is -0.421. The van der Waals surface area contributed by atoms with E-state index in [9.17, 15) is 4.39 Å². The second-order valence-electron chi connectivity index (χ2n) is 5.20. The van der Waals surface area contributed by atoms with Crippen molar-refractivity contribution in [2.75, 3.05) is 13.2 Å². The molecule has 0 atom stereocenters. The quantitative estimate of drug-likeness (QED) is 0.812. The molecule has 3 nitrogen and oxygen atoms in total. The SMILES string of the molecule is N#Cc1cccc(CNCCOC2CCCCC2)c1F. The second-order valence-corrected chi connectivity index (χ2v) is 5.20. The van der Waals surface area contributed by atoms with Gasteiger partial charge in [0.2, 0.25) is 0 Å². The van der Waals surface area contributed by atoms with Gasteiger partial charge in [-0.3, -0.25) is 0 Å². The Balaban J connectivity index is 1.67. The van der Waals surface area contributed by atoms with Gasteiger partial charge in [0.1, 0.15) is 11.9 Å². The van der Waals surface area contributed by atoms with Gasteiger partial charge in [-0.2, -0.15) is 5.26 Å². The van der Waals surface area contributed by atoms with Crippen molar-refractivity contribution in [2.45, 2.75) is 44.8 Å². The smallest absolute Gasteiger partial charge is 0.145 e. The van der Waals surface area contributed by atoms with Gasteiger partial charge in [-0.15, -0.1) is 0 Å². The number of nitrogens with zero attached hydrogens (tertiary/aromatic N) is 1. The van der Waals surface area contributed by atoms with E-state index in [0.29, 0.717) is 31.4 Å². The van der Waals surface area contributed by atoms with Gasteiger partial charge in [0.05, 0.1) is 18.3 Å². The Kier molecular flexibility index (Phi) is 5.97. The molecule has 1 N–H and O–H groups in total. The van der Waals surface area contributed by atoms with E-state index < -0.39 is 5.82 Å². The molecule has 2 rings (SSSR count). The summed E-state index contributed by atoms with van der Waals surface area (Å²) in [6.07, 6.45) is 6.60. The molecule has 1 saturated carbocycles. The first-order valence-corrected chi connectivity index (χ1v) is 7.31. The fraction of sp³-hybridized carbons (Fsp3) is 0.562. The Morgan fingerprint density at radius 1 is 1.30 bits per heavy atom. The molecule has 1 aliphatic carbocycles. The lowest BCUT2D eigenvalue weighted by molar-refractivity contribution is 0.0302. The molecule has 0 aliphatic heterocycles. The monoisotopic (exact) mass is 276 g/mol. The fourth-order valence-electron chi connectivity index (χ4n) is 2.56. The molecular formula is C16H21FN2O. The van der Waals surface area contributed by atoms with Gasteiger partial charge in [0, 0.05) is 18.7 Å². The third kappa shape index (κ3) is 4.29. The highest BCUT2D eigenvalue weighted by atomic mass is 19.1. The van der Waals surface area contributed by atoms with Crippen LogP contribution in [0, 0.1) is 17.1 Å². The summed E-state index contributed by atoms with van der Waals surface area (Å²) in [5.41, 5.74) is 0.629. The summed E-state index contributed by atoms with van der Waals surface area (Å²) < 4.78 is 19.6. The molecule has 1 aliphatic rings. The number of rotatable bonds is 6. The summed E-state index contributed by atoms with van der Waals surface area (Å²) in [5, 5.41) is 11.9. The Morgan fingerprint density at radius 3 is 2.85 bits per heavy atom. The van der Waals surface area contributed by atoms with Gasteiger partial charge < -0.3 is 10.1 Å². The maximum Gasteiger partial charge on any atom is 0.145 e. The Hall–Kier alpha value is -1.44. The lowest BCUT2D eigenvalue weighted by Crippen LogP contribution is -2.24. The third-order valence-electron chi connectivity index (χ3n) is 3.70. The van der Waals surface area contributed by atoms with Crippen LogP contribution >= 0.6 is 0 Å². The van der Waals surface area contributed by atoms with E-state index in [2.05, 4.69) is 5.32 Å². The van der Waals surface area contributed by atoms with Crippen LogP contribution in [0.4, 0.5) is 4.39 Å². The average molecular weight is 276 g/mol. The van der Waals surface area contributed by atoms with Crippen molar-refractivity contribution < 1.29 is 9.13 Å². The minimum absolute atomic E-state index is 0.0998. The summed E-state index contributed by atoms with van der Waals surface area (Å²) >= 11 is 0. The van der Waals surface area contributed by atoms with Crippen molar-refractivity contribution in [3.63, 3.8) is 0 Å². The van der Waals surface area contributed by atoms with Gasteiger partial charge in [0.25, 0.3) is 0 Å². The van der Waals surface area contributed by atoms with Crippen LogP contribution in [-0.4, -0.2) is 19.3 Å². The van der Waals surface area contributed by atoms with Crippen LogP contribution in [0.5, 0.6) is 0 Å². The van der Waals surface area contributed by atoms with Crippen molar-refractivity contribution in [1.82, 2.24) is 5.32 Å². The number of hydrogen-bond acceptors (Lipinski definition) is 3. The molecule has 0 aromatic heterocycles. The van der Waals surface area contributed by atoms with Gasteiger partial charge in [0.15, 0.2) is 0 Å². The number of nitriles is 1. The third-order valence-corrected chi connectivity index (χ3v) is 3.70. The molecular weight excluding hydrogens is 255 g/mol. The van der Waals surface area contributed by atoms with Crippen molar-refractivity contribution in [3.05, 3.63) is 35.1 Å². The van der Waals surface area contributed by atoms with Crippen LogP contribution in [0.25, 0.3) is 0 Å². The van der Waals surface area contributed by atoms with Gasteiger partial charge in [-0.1, -0.05) is 31.4 Å². The highest BCUT2D eigenvalue weighted by Crippen LogP contribution is 2.19. The number of benzene rings is 1. The number of nitrogens with one attached hydrogen (secondary N) is 1. The first kappa shape index (κ1) is 15.0. The summed E-state index contributed by atoms with van der Waals surface area (Å²) in [6.45, 7) is 1.78. The summed E-state index contributed by atoms with van der Waals surface area (Å²) in [5.74, 6) is -0.421. The van der Waals surface area contributed by atoms with E-state index in [4.69, 9.17) is 10.00 Å². The average Bonchev–Trinajstić information content (AvgIpc) is 2.49. The van der Waals surface area contributed by atoms with E-state index in [0.717, 1.165) is 0 Å². The van der Waals surface area contributed by atoms with Gasteiger partial charge in [-0.05, 0) is 18.9 Å². The van der Waals surface area contributed by atoms with E-state index in [1.165, 1.54) is 38.2 Å². The van der Waals surface area contributed by atoms with Crippen LogP contribution in [0.15, 0.2) is 18.2 Å². The predicted molar refractivity (Wildman–Crippen MR) is 75.6 cm³/mol. The zero-order valence-electron chi connectivity index (χ0n) is 11.7. The molecule has 0 heterocycles. The Bertz CT molecular complexity index is 464. The van der Waals surface area contributed by atoms with Crippen molar-refractivity contribution in [3.8, 4) is 6.07 Å². The molecule has 0 spiro atoms.